The molecule has 112 valence electrons. The van der Waals surface area contributed by atoms with E-state index in [9.17, 15) is 18.3 Å². The average Bonchev–Trinajstić information content (AvgIpc) is 2.37. The second-order valence-electron chi connectivity index (χ2n) is 4.40. The van der Waals surface area contributed by atoms with Gasteiger partial charge < -0.3 is 5.11 Å². The molecule has 0 fully saturated rings. The van der Waals surface area contributed by atoms with E-state index in [1.54, 1.807) is 18.2 Å². The van der Waals surface area contributed by atoms with Crippen LogP contribution in [-0.4, -0.2) is 30.5 Å². The molecule has 7 heteroatoms. The summed E-state index contributed by atoms with van der Waals surface area (Å²) in [4.78, 5) is 16.0. The number of pyridine rings is 1. The third-order valence-electron chi connectivity index (χ3n) is 2.90. The highest BCUT2D eigenvalue weighted by Crippen LogP contribution is 2.29. The normalized spacial score (nSPS) is 10.8. The Morgan fingerprint density at radius 3 is 2.38 bits per heavy atom. The minimum absolute atomic E-state index is 0. The summed E-state index contributed by atoms with van der Waals surface area (Å²) in [6.07, 6.45) is 2.48. The Balaban J connectivity index is 0.00000220. The number of aromatic hydroxyl groups is 1. The lowest BCUT2D eigenvalue weighted by Gasteiger charge is -2.10. The van der Waals surface area contributed by atoms with Crippen LogP contribution in [0.15, 0.2) is 41.4 Å². The molecular formula is C14H14BrNO4S. The van der Waals surface area contributed by atoms with Gasteiger partial charge in [0.1, 0.15) is 16.3 Å². The molecule has 2 rings (SSSR count). The van der Waals surface area contributed by atoms with E-state index < -0.39 is 9.84 Å². The second-order valence-corrected chi connectivity index (χ2v) is 6.36. The summed E-state index contributed by atoms with van der Waals surface area (Å²) in [5.41, 5.74) is 0.658. The number of hydrogen-bond donors (Lipinski definition) is 1. The summed E-state index contributed by atoms with van der Waals surface area (Å²) >= 11 is 0. The van der Waals surface area contributed by atoms with Crippen LogP contribution in [0.5, 0.6) is 5.75 Å². The Hall–Kier alpha value is -1.73. The van der Waals surface area contributed by atoms with Crippen molar-refractivity contribution in [3.05, 3.63) is 53.3 Å². The van der Waals surface area contributed by atoms with Crippen molar-refractivity contribution in [2.75, 3.05) is 6.26 Å². The number of nitrogens with zero attached hydrogens (tertiary/aromatic N) is 1. The van der Waals surface area contributed by atoms with E-state index in [0.717, 1.165) is 6.26 Å². The van der Waals surface area contributed by atoms with E-state index in [-0.39, 0.29) is 50.2 Å². The number of phenols is 1. The summed E-state index contributed by atoms with van der Waals surface area (Å²) < 4.78 is 23.4. The molecular weight excluding hydrogens is 358 g/mol. The molecule has 0 saturated carbocycles. The molecule has 0 amide bonds. The number of halogens is 1. The molecule has 0 aliphatic heterocycles. The maximum Gasteiger partial charge on any atom is 0.211 e. The molecule has 21 heavy (non-hydrogen) atoms. The maximum absolute atomic E-state index is 12.3. The van der Waals surface area contributed by atoms with Crippen molar-refractivity contribution >= 4 is 32.6 Å². The molecule has 0 radical (unpaired) electrons. The van der Waals surface area contributed by atoms with Crippen LogP contribution in [-0.2, 0) is 9.84 Å². The van der Waals surface area contributed by atoms with Crippen molar-refractivity contribution in [3.63, 3.8) is 0 Å². The molecule has 1 aromatic carbocycles. The van der Waals surface area contributed by atoms with Crippen molar-refractivity contribution in [1.29, 1.82) is 0 Å². The molecule has 5 nitrogen and oxygen atoms in total. The monoisotopic (exact) mass is 371 g/mol. The first-order valence-electron chi connectivity index (χ1n) is 5.80. The number of sulfone groups is 1. The van der Waals surface area contributed by atoms with Crippen LogP contribution in [0.1, 0.15) is 21.6 Å². The van der Waals surface area contributed by atoms with Gasteiger partial charge in [0.15, 0.2) is 9.84 Å². The lowest BCUT2D eigenvalue weighted by molar-refractivity contribution is 0.103. The smallest absolute Gasteiger partial charge is 0.211 e. The number of carbonyl (C=O) groups is 1. The number of carbonyl (C=O) groups excluding carboxylic acids is 1. The quantitative estimate of drug-likeness (QED) is 0.836. The first-order chi connectivity index (χ1) is 9.32. The molecule has 0 unspecified atom stereocenters. The largest absolute Gasteiger partial charge is 0.507 e. The molecule has 0 aliphatic rings. The van der Waals surface area contributed by atoms with Crippen LogP contribution in [0, 0.1) is 6.92 Å². The zero-order valence-corrected chi connectivity index (χ0v) is 13.9. The number of aromatic nitrogens is 1. The lowest BCUT2D eigenvalue weighted by Crippen LogP contribution is -2.09. The van der Waals surface area contributed by atoms with Gasteiger partial charge in [-0.25, -0.2) is 8.42 Å². The second kappa shape index (κ2) is 6.36. The Morgan fingerprint density at radius 2 is 1.86 bits per heavy atom. The van der Waals surface area contributed by atoms with Crippen molar-refractivity contribution in [2.45, 2.75) is 11.8 Å². The summed E-state index contributed by atoms with van der Waals surface area (Å²) in [6, 6.07) is 7.51. The van der Waals surface area contributed by atoms with Gasteiger partial charge in [-0.2, -0.15) is 0 Å². The fraction of sp³-hybridized carbons (Fsp3) is 0.143. The minimum atomic E-state index is -3.63. The Kier molecular flexibility index (Phi) is 5.25. The summed E-state index contributed by atoms with van der Waals surface area (Å²) in [7, 11) is -3.63. The van der Waals surface area contributed by atoms with Gasteiger partial charge in [0.2, 0.25) is 5.78 Å². The topological polar surface area (TPSA) is 84.3 Å². The van der Waals surface area contributed by atoms with Crippen LogP contribution in [0.2, 0.25) is 0 Å². The highest BCUT2D eigenvalue weighted by atomic mass is 79.9. The fourth-order valence-electron chi connectivity index (χ4n) is 2.03. The van der Waals surface area contributed by atoms with E-state index in [1.807, 2.05) is 0 Å². The van der Waals surface area contributed by atoms with Crippen molar-refractivity contribution in [1.82, 2.24) is 4.98 Å². The maximum atomic E-state index is 12.3. The molecule has 1 aromatic heterocycles. The van der Waals surface area contributed by atoms with E-state index in [4.69, 9.17) is 0 Å². The Labute approximate surface area is 133 Å². The molecule has 0 spiro atoms. The zero-order chi connectivity index (χ0) is 14.9. The summed E-state index contributed by atoms with van der Waals surface area (Å²) in [6.45, 7) is 1.49. The predicted molar refractivity (Wildman–Crippen MR) is 83.9 cm³/mol. The van der Waals surface area contributed by atoms with E-state index in [0.29, 0.717) is 0 Å². The van der Waals surface area contributed by atoms with Gasteiger partial charge in [-0.3, -0.25) is 9.78 Å². The minimum Gasteiger partial charge on any atom is -0.507 e. The SMILES string of the molecule is Br.Cc1c(C(=O)c2ccccn2)ccc(O)c1S(C)(=O)=O. The summed E-state index contributed by atoms with van der Waals surface area (Å²) in [5, 5.41) is 9.70. The third kappa shape index (κ3) is 3.48. The van der Waals surface area contributed by atoms with Crippen molar-refractivity contribution < 1.29 is 18.3 Å². The Bertz CT molecular complexity index is 773. The van der Waals surface area contributed by atoms with Gasteiger partial charge >= 0.3 is 0 Å². The van der Waals surface area contributed by atoms with Crippen molar-refractivity contribution in [3.8, 4) is 5.75 Å². The number of benzene rings is 1. The van der Waals surface area contributed by atoms with Gasteiger partial charge in [0.05, 0.1) is 0 Å². The van der Waals surface area contributed by atoms with E-state index in [2.05, 4.69) is 4.98 Å². The van der Waals surface area contributed by atoms with Crippen molar-refractivity contribution in [2.24, 2.45) is 0 Å². The van der Waals surface area contributed by atoms with E-state index >= 15 is 0 Å². The molecule has 1 N–H and O–H groups in total. The first kappa shape index (κ1) is 17.3. The summed E-state index contributed by atoms with van der Waals surface area (Å²) in [5.74, 6) is -0.740. The molecule has 0 atom stereocenters. The number of phenolic OH excluding ortho intramolecular Hbond substituents is 1. The number of rotatable bonds is 3. The van der Waals surface area contributed by atoms with Crippen LogP contribution < -0.4 is 0 Å². The van der Waals surface area contributed by atoms with E-state index in [1.165, 1.54) is 25.3 Å². The van der Waals surface area contributed by atoms with Crippen LogP contribution in [0.25, 0.3) is 0 Å². The lowest BCUT2D eigenvalue weighted by atomic mass is 10.0. The number of hydrogen-bond acceptors (Lipinski definition) is 5. The molecule has 1 heterocycles. The molecule has 0 saturated heterocycles. The Morgan fingerprint density at radius 1 is 1.19 bits per heavy atom. The van der Waals surface area contributed by atoms with Gasteiger partial charge in [0, 0.05) is 18.0 Å². The van der Waals surface area contributed by atoms with Crippen LogP contribution in [0.4, 0.5) is 0 Å². The first-order valence-corrected chi connectivity index (χ1v) is 7.70. The van der Waals surface area contributed by atoms with Crippen LogP contribution >= 0.6 is 17.0 Å². The average molecular weight is 372 g/mol. The zero-order valence-electron chi connectivity index (χ0n) is 11.4. The third-order valence-corrected chi connectivity index (χ3v) is 4.15. The van der Waals surface area contributed by atoms with Crippen LogP contribution in [0.3, 0.4) is 0 Å². The number of ketones is 1. The molecule has 0 aliphatic carbocycles. The fourth-order valence-corrected chi connectivity index (χ4v) is 3.14. The van der Waals surface area contributed by atoms with Gasteiger partial charge in [-0.05, 0) is 36.8 Å². The van der Waals surface area contributed by atoms with Gasteiger partial charge in [0.25, 0.3) is 0 Å². The molecule has 0 bridgehead atoms. The standard InChI is InChI=1S/C14H13NO4S.BrH/c1-9-10(13(17)11-5-3-4-8-15-11)6-7-12(16)14(9)20(2,18)19;/h3-8,16H,1-2H3;1H. The van der Waals surface area contributed by atoms with Gasteiger partial charge in [-0.15, -0.1) is 17.0 Å². The van der Waals surface area contributed by atoms with Gasteiger partial charge in [-0.1, -0.05) is 6.07 Å². The molecule has 2 aromatic rings. The highest BCUT2D eigenvalue weighted by Gasteiger charge is 2.22. The highest BCUT2D eigenvalue weighted by molar-refractivity contribution is 8.93. The predicted octanol–water partition coefficient (Wildman–Crippen LogP) is 2.31.